The first-order valence-corrected chi connectivity index (χ1v) is 12.5. The summed E-state index contributed by atoms with van der Waals surface area (Å²) in [6.45, 7) is 8.54. The molecule has 0 unspecified atom stereocenters. The highest BCUT2D eigenvalue weighted by molar-refractivity contribution is 7.92. The maximum Gasteiger partial charge on any atom is 0.252 e. The highest BCUT2D eigenvalue weighted by Crippen LogP contribution is 2.23. The highest BCUT2D eigenvalue weighted by atomic mass is 32.2. The Hall–Kier alpha value is -2.29. The van der Waals surface area contributed by atoms with Gasteiger partial charge in [0.25, 0.3) is 5.91 Å². The number of carbonyl (C=O) groups is 1. The molecule has 6 nitrogen and oxygen atoms in total. The topological polar surface area (TPSA) is 77.7 Å². The van der Waals surface area contributed by atoms with E-state index in [2.05, 4.69) is 31.0 Å². The third-order valence-corrected chi connectivity index (χ3v) is 8.48. The van der Waals surface area contributed by atoms with Crippen LogP contribution in [-0.2, 0) is 32.3 Å². The number of aromatic nitrogens is 1. The largest absolute Gasteiger partial charge is 0.383 e. The fourth-order valence-electron chi connectivity index (χ4n) is 3.39. The van der Waals surface area contributed by atoms with E-state index in [-0.39, 0.29) is 17.2 Å². The third kappa shape index (κ3) is 5.14. The zero-order chi connectivity index (χ0) is 22.8. The van der Waals surface area contributed by atoms with Crippen LogP contribution in [0.2, 0.25) is 0 Å². The Kier molecular flexibility index (Phi) is 7.13. The molecule has 0 aliphatic carbocycles. The molecule has 0 fully saturated rings. The minimum absolute atomic E-state index is 0.110. The smallest absolute Gasteiger partial charge is 0.252 e. The predicted molar refractivity (Wildman–Crippen MR) is 124 cm³/mol. The number of nitrogens with zero attached hydrogens (tertiary/aromatic N) is 2. The van der Waals surface area contributed by atoms with Crippen molar-refractivity contribution in [3.63, 3.8) is 0 Å². The van der Waals surface area contributed by atoms with Crippen molar-refractivity contribution in [3.8, 4) is 0 Å². The van der Waals surface area contributed by atoms with Crippen LogP contribution in [0.25, 0.3) is 10.2 Å². The maximum atomic E-state index is 12.7. The summed E-state index contributed by atoms with van der Waals surface area (Å²) in [4.78, 5) is 18.0. The number of rotatable bonds is 7. The molecule has 0 saturated carbocycles. The van der Waals surface area contributed by atoms with Gasteiger partial charge in [-0.1, -0.05) is 29.5 Å². The molecule has 2 aromatic carbocycles. The lowest BCUT2D eigenvalue weighted by Gasteiger charge is -2.08. The van der Waals surface area contributed by atoms with Crippen LogP contribution in [0.3, 0.4) is 0 Å². The second-order valence-corrected chi connectivity index (χ2v) is 11.4. The fraction of sp³-hybridized carbons (Fsp3) is 0.391. The summed E-state index contributed by atoms with van der Waals surface area (Å²) in [5.74, 6) is -0.272. The maximum absolute atomic E-state index is 12.7. The molecule has 8 heteroatoms. The van der Waals surface area contributed by atoms with E-state index in [0.29, 0.717) is 18.0 Å². The monoisotopic (exact) mass is 460 g/mol. The fourth-order valence-corrected chi connectivity index (χ4v) is 5.57. The van der Waals surface area contributed by atoms with Crippen LogP contribution in [0.4, 0.5) is 0 Å². The Balaban J connectivity index is 1.93. The minimum atomic E-state index is -3.33. The number of methoxy groups -OCH3 is 1. The zero-order valence-corrected chi connectivity index (χ0v) is 20.1. The van der Waals surface area contributed by atoms with Gasteiger partial charge in [-0.25, -0.2) is 8.42 Å². The van der Waals surface area contributed by atoms with Gasteiger partial charge in [0.1, 0.15) is 0 Å². The molecule has 0 aliphatic rings. The van der Waals surface area contributed by atoms with Crippen LogP contribution in [0, 0.1) is 13.8 Å². The molecule has 0 atom stereocenters. The lowest BCUT2D eigenvalue weighted by molar-refractivity contribution is -0.117. The molecule has 0 spiro atoms. The molecular weight excluding hydrogens is 432 g/mol. The first kappa shape index (κ1) is 23.4. The van der Waals surface area contributed by atoms with Gasteiger partial charge in [0.05, 0.1) is 33.4 Å². The Labute approximate surface area is 187 Å². The first-order chi connectivity index (χ1) is 14.6. The average Bonchev–Trinajstić information content (AvgIpc) is 3.03. The Morgan fingerprint density at radius 2 is 1.84 bits per heavy atom. The van der Waals surface area contributed by atoms with Crippen molar-refractivity contribution in [3.05, 3.63) is 57.9 Å². The van der Waals surface area contributed by atoms with Crippen molar-refractivity contribution in [2.24, 2.45) is 4.99 Å². The number of fused-ring (bicyclic) bond motifs is 1. The molecule has 0 bridgehead atoms. The van der Waals surface area contributed by atoms with Crippen LogP contribution >= 0.6 is 11.3 Å². The van der Waals surface area contributed by atoms with Gasteiger partial charge in [-0.15, -0.1) is 0 Å². The molecule has 1 amide bonds. The van der Waals surface area contributed by atoms with Gasteiger partial charge in [0.2, 0.25) is 0 Å². The summed E-state index contributed by atoms with van der Waals surface area (Å²) >= 11 is 1.50. The van der Waals surface area contributed by atoms with E-state index in [4.69, 9.17) is 4.74 Å². The molecule has 3 rings (SSSR count). The number of sulfone groups is 1. The molecule has 31 heavy (non-hydrogen) atoms. The zero-order valence-electron chi connectivity index (χ0n) is 18.5. The van der Waals surface area contributed by atoms with Gasteiger partial charge < -0.3 is 9.30 Å². The van der Waals surface area contributed by atoms with E-state index in [1.54, 1.807) is 45.2 Å². The van der Waals surface area contributed by atoms with Crippen molar-refractivity contribution >= 4 is 37.3 Å². The van der Waals surface area contributed by atoms with E-state index in [9.17, 15) is 13.2 Å². The molecule has 0 N–H and O–H groups in total. The normalized spacial score (nSPS) is 12.8. The first-order valence-electron chi connectivity index (χ1n) is 10.1. The summed E-state index contributed by atoms with van der Waals surface area (Å²) in [5, 5.41) is -0.488. The van der Waals surface area contributed by atoms with Crippen LogP contribution in [-0.4, -0.2) is 37.9 Å². The number of aryl methyl sites for hydroxylation is 2. The summed E-state index contributed by atoms with van der Waals surface area (Å²) in [5.41, 5.74) is 4.09. The standard InChI is InChI=1S/C23H28N2O4S2/c1-15(2)31(27,28)19-8-6-18(7-9-19)14-21(26)24-23-25(10-11-29-5)20-13-16(3)12-17(4)22(20)30-23/h6-9,12-13,15H,10-11,14H2,1-5H3. The van der Waals surface area contributed by atoms with Crippen LogP contribution in [0.15, 0.2) is 46.3 Å². The van der Waals surface area contributed by atoms with Crippen molar-refractivity contribution in [1.82, 2.24) is 4.57 Å². The van der Waals surface area contributed by atoms with Gasteiger partial charge in [-0.3, -0.25) is 4.79 Å². The van der Waals surface area contributed by atoms with Crippen molar-refractivity contribution in [1.29, 1.82) is 0 Å². The second-order valence-electron chi connectivity index (χ2n) is 7.88. The second kappa shape index (κ2) is 9.46. The number of ether oxygens (including phenoxy) is 1. The Morgan fingerprint density at radius 1 is 1.16 bits per heavy atom. The van der Waals surface area contributed by atoms with Crippen molar-refractivity contribution in [2.45, 2.75) is 50.8 Å². The van der Waals surface area contributed by atoms with E-state index in [0.717, 1.165) is 26.9 Å². The van der Waals surface area contributed by atoms with Crippen LogP contribution in [0.1, 0.15) is 30.5 Å². The number of carbonyl (C=O) groups excluding carboxylic acids is 1. The summed E-state index contributed by atoms with van der Waals surface area (Å²) < 4.78 is 32.9. The van der Waals surface area contributed by atoms with Gasteiger partial charge in [-0.05, 0) is 62.6 Å². The highest BCUT2D eigenvalue weighted by Gasteiger charge is 2.19. The number of amides is 1. The summed E-state index contributed by atoms with van der Waals surface area (Å²) in [6.07, 6.45) is 0.110. The lowest BCUT2D eigenvalue weighted by Crippen LogP contribution is -2.20. The summed E-state index contributed by atoms with van der Waals surface area (Å²) in [6, 6.07) is 10.7. The van der Waals surface area contributed by atoms with E-state index in [1.807, 2.05) is 4.57 Å². The Morgan fingerprint density at radius 3 is 2.45 bits per heavy atom. The number of thiazole rings is 1. The van der Waals surface area contributed by atoms with E-state index < -0.39 is 15.1 Å². The molecular formula is C23H28N2O4S2. The van der Waals surface area contributed by atoms with Crippen LogP contribution in [0.5, 0.6) is 0 Å². The van der Waals surface area contributed by atoms with Crippen LogP contribution < -0.4 is 4.80 Å². The minimum Gasteiger partial charge on any atom is -0.383 e. The quantitative estimate of drug-likeness (QED) is 0.537. The van der Waals surface area contributed by atoms with Crippen molar-refractivity contribution < 1.29 is 17.9 Å². The number of hydrogen-bond donors (Lipinski definition) is 0. The Bertz CT molecular complexity index is 1270. The molecule has 0 aliphatic heterocycles. The van der Waals surface area contributed by atoms with Gasteiger partial charge in [0.15, 0.2) is 14.6 Å². The number of hydrogen-bond acceptors (Lipinski definition) is 5. The molecule has 1 heterocycles. The predicted octanol–water partition coefficient (Wildman–Crippen LogP) is 3.82. The number of benzene rings is 2. The molecule has 166 valence electrons. The molecule has 1 aromatic heterocycles. The molecule has 0 radical (unpaired) electrons. The van der Waals surface area contributed by atoms with Crippen molar-refractivity contribution in [2.75, 3.05) is 13.7 Å². The van der Waals surface area contributed by atoms with Gasteiger partial charge in [-0.2, -0.15) is 4.99 Å². The third-order valence-electron chi connectivity index (χ3n) is 5.08. The summed E-state index contributed by atoms with van der Waals surface area (Å²) in [7, 11) is -1.68. The molecule has 0 saturated heterocycles. The van der Waals surface area contributed by atoms with Gasteiger partial charge in [0, 0.05) is 13.7 Å². The van der Waals surface area contributed by atoms with Gasteiger partial charge >= 0.3 is 0 Å². The average molecular weight is 461 g/mol. The van der Waals surface area contributed by atoms with E-state index >= 15 is 0 Å². The molecule has 3 aromatic rings. The lowest BCUT2D eigenvalue weighted by atomic mass is 10.1. The van der Waals surface area contributed by atoms with E-state index in [1.165, 1.54) is 11.3 Å². The SMILES string of the molecule is COCCn1c(=NC(=O)Cc2ccc(S(=O)(=O)C(C)C)cc2)sc2c(C)cc(C)cc21.